The van der Waals surface area contributed by atoms with Crippen molar-refractivity contribution in [3.05, 3.63) is 101 Å². The molecular weight excluding hydrogens is 768 g/mol. The van der Waals surface area contributed by atoms with Crippen molar-refractivity contribution in [2.24, 2.45) is 11.5 Å². The SMILES string of the molecule is COc1c2ccc3c1O[C@H]1c4c(Cn5cc6cc[nH]c6c5)cc(O[C@@H]5O[C@H]([C@H](OC(=O)CC(=O)O)C(N)N)[C@@H](O)[C@H](O)[C@H]5O)cc4O[C@@H](Cc4ccc(cc4)CCO2)[C@@H]31. The van der Waals surface area contributed by atoms with Gasteiger partial charge in [0.2, 0.25) is 12.0 Å². The number of nitrogens with two attached hydrogens (primary N) is 2. The van der Waals surface area contributed by atoms with Gasteiger partial charge in [0, 0.05) is 60.6 Å². The minimum absolute atomic E-state index is 0.163. The number of hydrogen-bond acceptors (Lipinski definition) is 14. The van der Waals surface area contributed by atoms with Crippen molar-refractivity contribution >= 4 is 22.8 Å². The Hall–Kier alpha value is -5.82. The van der Waals surface area contributed by atoms with E-state index in [1.807, 2.05) is 41.4 Å². The van der Waals surface area contributed by atoms with Crippen molar-refractivity contribution in [1.82, 2.24) is 9.55 Å². The van der Waals surface area contributed by atoms with Gasteiger partial charge in [-0.1, -0.05) is 30.3 Å². The van der Waals surface area contributed by atoms with E-state index >= 15 is 0 Å². The molecule has 1 saturated heterocycles. The predicted molar refractivity (Wildman–Crippen MR) is 206 cm³/mol. The van der Waals surface area contributed by atoms with Crippen LogP contribution in [0, 0.1) is 0 Å². The number of carbonyl (C=O) groups is 2. The number of aromatic amines is 1. The molecule has 0 radical (unpaired) electrons. The molecule has 12 rings (SSSR count). The average molecular weight is 813 g/mol. The summed E-state index contributed by atoms with van der Waals surface area (Å²) in [6.45, 7) is 0.771. The second kappa shape index (κ2) is 15.4. The number of carbonyl (C=O) groups excluding carboxylic acids is 1. The molecule has 9 heterocycles. The highest BCUT2D eigenvalue weighted by molar-refractivity contribution is 5.90. The molecule has 7 aliphatic heterocycles. The smallest absolute Gasteiger partial charge is 0.317 e. The standard InChI is InChI=1S/C42H44N4O13/c1-53-37-26-7-6-24-32-27(12-20-4-2-19(3-5-20)9-11-54-26)56-28-14-23(13-22(31(28)38(32)58-36(24)37)17-46-16-21-8-10-45-25(21)18-46)55-42-35(52)33(50)34(51)39(59-42)40(41(43)44)57-30(49)15-29(47)48/h2-8,10,13-14,16,18,27,32-35,38-42,45,50-52H,9,11-12,15,17,43-44H2,1H3,(H,47,48)/t27-,32+,33-,34-,35+,38-,39-,40-,42+/m0/s1. The van der Waals surface area contributed by atoms with E-state index in [1.165, 1.54) is 0 Å². The fourth-order valence-electron chi connectivity index (χ4n) is 8.63. The zero-order valence-corrected chi connectivity index (χ0v) is 31.8. The number of aliphatic hydroxyl groups is 3. The van der Waals surface area contributed by atoms with E-state index in [2.05, 4.69) is 29.2 Å². The number of fused-ring (bicyclic) bond motifs is 3. The zero-order chi connectivity index (χ0) is 41.1. The summed E-state index contributed by atoms with van der Waals surface area (Å²) in [5.41, 5.74) is 17.3. The first kappa shape index (κ1) is 38.7. The van der Waals surface area contributed by atoms with Gasteiger partial charge in [0.1, 0.15) is 54.5 Å². The summed E-state index contributed by atoms with van der Waals surface area (Å²) in [6.07, 6.45) is -6.89. The number of benzene rings is 3. The van der Waals surface area contributed by atoms with E-state index in [0.717, 1.165) is 38.7 Å². The van der Waals surface area contributed by atoms with Gasteiger partial charge in [-0.25, -0.2) is 0 Å². The summed E-state index contributed by atoms with van der Waals surface area (Å²) >= 11 is 0. The molecule has 17 heteroatoms. The molecule has 0 amide bonds. The third-order valence-electron chi connectivity index (χ3n) is 11.4. The molecule has 1 fully saturated rings. The second-order valence-corrected chi connectivity index (χ2v) is 15.3. The van der Waals surface area contributed by atoms with Gasteiger partial charge >= 0.3 is 11.9 Å². The Kier molecular flexibility index (Phi) is 10.1. The first-order valence-electron chi connectivity index (χ1n) is 19.3. The van der Waals surface area contributed by atoms with Crippen LogP contribution in [0.15, 0.2) is 73.2 Å². The Morgan fingerprint density at radius 1 is 0.966 bits per heavy atom. The summed E-state index contributed by atoms with van der Waals surface area (Å²) in [5.74, 6) is -0.708. The van der Waals surface area contributed by atoms with Crippen LogP contribution in [0.2, 0.25) is 0 Å². The number of carboxylic acid groups (broad SMARTS) is 1. The number of aliphatic carboxylic acids is 1. The molecule has 310 valence electrons. The first-order chi connectivity index (χ1) is 28.4. The molecule has 0 saturated carbocycles. The fraction of sp³-hybridized carbons (Fsp3) is 0.381. The average Bonchev–Trinajstić information content (AvgIpc) is 3.91. The lowest BCUT2D eigenvalue weighted by atomic mass is 9.80. The topological polar surface area (TPSA) is 252 Å². The molecule has 0 unspecified atom stereocenters. The van der Waals surface area contributed by atoms with Gasteiger partial charge in [-0.15, -0.1) is 0 Å². The molecule has 9 N–H and O–H groups in total. The number of aromatic nitrogens is 2. The van der Waals surface area contributed by atoms with E-state index in [0.29, 0.717) is 49.0 Å². The van der Waals surface area contributed by atoms with Crippen LogP contribution >= 0.6 is 0 Å². The van der Waals surface area contributed by atoms with Gasteiger partial charge < -0.3 is 74.6 Å². The number of carboxylic acids is 1. The molecule has 0 aliphatic carbocycles. The van der Waals surface area contributed by atoms with Gasteiger partial charge in [0.15, 0.2) is 17.6 Å². The van der Waals surface area contributed by atoms with E-state index in [4.69, 9.17) is 49.7 Å². The summed E-state index contributed by atoms with van der Waals surface area (Å²) in [7, 11) is 1.59. The van der Waals surface area contributed by atoms with E-state index in [-0.39, 0.29) is 11.7 Å². The minimum atomic E-state index is -1.88. The van der Waals surface area contributed by atoms with Crippen LogP contribution in [0.25, 0.3) is 10.9 Å². The van der Waals surface area contributed by atoms with Gasteiger partial charge in [0.25, 0.3) is 0 Å². The van der Waals surface area contributed by atoms with Gasteiger partial charge in [-0.05, 0) is 34.9 Å². The third kappa shape index (κ3) is 7.19. The van der Waals surface area contributed by atoms with Crippen LogP contribution in [0.5, 0.6) is 28.7 Å². The van der Waals surface area contributed by atoms with E-state index in [1.54, 1.807) is 19.2 Å². The number of methoxy groups -OCH3 is 1. The number of rotatable bonds is 10. The molecule has 3 aromatic carbocycles. The van der Waals surface area contributed by atoms with Crippen LogP contribution < -0.4 is 35.2 Å². The molecule has 0 spiro atoms. The van der Waals surface area contributed by atoms with E-state index < -0.39 is 73.5 Å². The van der Waals surface area contributed by atoms with Crippen molar-refractivity contribution < 1.29 is 63.2 Å². The van der Waals surface area contributed by atoms with Crippen LogP contribution in [-0.4, -0.2) is 105 Å². The maximum Gasteiger partial charge on any atom is 0.317 e. The monoisotopic (exact) mass is 812 g/mol. The number of hydrogen-bond donors (Lipinski definition) is 7. The normalized spacial score (nSPS) is 26.0. The summed E-state index contributed by atoms with van der Waals surface area (Å²) in [5, 5.41) is 43.2. The Morgan fingerprint density at radius 3 is 2.51 bits per heavy atom. The fourth-order valence-corrected chi connectivity index (χ4v) is 8.63. The van der Waals surface area contributed by atoms with Crippen LogP contribution in [0.4, 0.5) is 0 Å². The largest absolute Gasteiger partial charge is 0.490 e. The van der Waals surface area contributed by atoms with Crippen molar-refractivity contribution in [3.63, 3.8) is 0 Å². The van der Waals surface area contributed by atoms with Gasteiger partial charge in [-0.3, -0.25) is 9.59 Å². The zero-order valence-electron chi connectivity index (χ0n) is 31.8. The number of ether oxygens (including phenoxy) is 7. The van der Waals surface area contributed by atoms with Crippen LogP contribution in [0.3, 0.4) is 0 Å². The maximum absolute atomic E-state index is 12.3. The summed E-state index contributed by atoms with van der Waals surface area (Å²) in [6, 6.07) is 17.6. The molecule has 6 bridgehead atoms. The Bertz CT molecular complexity index is 2350. The molecule has 5 aromatic rings. The molecule has 2 aromatic heterocycles. The number of nitrogens with zero attached hydrogens (tertiary/aromatic N) is 1. The molecule has 17 nitrogen and oxygen atoms in total. The van der Waals surface area contributed by atoms with Crippen LogP contribution in [0.1, 0.15) is 46.3 Å². The number of esters is 1. The van der Waals surface area contributed by atoms with Crippen molar-refractivity contribution in [1.29, 1.82) is 0 Å². The predicted octanol–water partition coefficient (Wildman–Crippen LogP) is 2.00. The number of nitrogens with one attached hydrogen (secondary N) is 1. The lowest BCUT2D eigenvalue weighted by Crippen LogP contribution is -2.66. The van der Waals surface area contributed by atoms with Crippen molar-refractivity contribution in [2.75, 3.05) is 13.7 Å². The Morgan fingerprint density at radius 2 is 1.76 bits per heavy atom. The van der Waals surface area contributed by atoms with Crippen molar-refractivity contribution in [3.8, 4) is 28.7 Å². The minimum Gasteiger partial charge on any atom is -0.490 e. The van der Waals surface area contributed by atoms with Crippen molar-refractivity contribution in [2.45, 2.75) is 86.9 Å². The quantitative estimate of drug-likeness (QED) is 0.0605. The molecule has 9 atom stereocenters. The van der Waals surface area contributed by atoms with Gasteiger partial charge in [-0.2, -0.15) is 0 Å². The molecular formula is C42H44N4O13. The lowest BCUT2D eigenvalue weighted by Gasteiger charge is -2.43. The summed E-state index contributed by atoms with van der Waals surface area (Å²) in [4.78, 5) is 26.7. The number of H-pyrrole nitrogens is 1. The summed E-state index contributed by atoms with van der Waals surface area (Å²) < 4.78 is 45.6. The highest BCUT2D eigenvalue weighted by atomic mass is 16.7. The third-order valence-corrected chi connectivity index (χ3v) is 11.4. The second-order valence-electron chi connectivity index (χ2n) is 15.3. The first-order valence-corrected chi connectivity index (χ1v) is 19.3. The van der Waals surface area contributed by atoms with E-state index in [9.17, 15) is 24.9 Å². The maximum atomic E-state index is 12.3. The Balaban J connectivity index is 1.12. The van der Waals surface area contributed by atoms with Crippen LogP contribution in [-0.2, 0) is 38.4 Å². The molecule has 7 aliphatic rings. The highest BCUT2D eigenvalue weighted by Gasteiger charge is 2.52. The lowest BCUT2D eigenvalue weighted by molar-refractivity contribution is -0.291. The number of aliphatic hydroxyl groups excluding tert-OH is 3. The van der Waals surface area contributed by atoms with Gasteiger partial charge in [0.05, 0.1) is 31.3 Å². The Labute approximate surface area is 336 Å². The molecule has 59 heavy (non-hydrogen) atoms. The highest BCUT2D eigenvalue weighted by Crippen LogP contribution is 2.59.